The molecule has 1 aliphatic heterocycles. The molecule has 1 fully saturated rings. The molecule has 9 heteroatoms. The maximum absolute atomic E-state index is 12.6. The average molecular weight is 543 g/mol. The molecule has 9 atom stereocenters. The van der Waals surface area contributed by atoms with E-state index in [2.05, 4.69) is 0 Å². The molecule has 0 saturated carbocycles. The van der Waals surface area contributed by atoms with Crippen molar-refractivity contribution in [2.75, 3.05) is 20.8 Å². The summed E-state index contributed by atoms with van der Waals surface area (Å²) in [5, 5.41) is 20.6. The lowest BCUT2D eigenvalue weighted by molar-refractivity contribution is -0.304. The average Bonchev–Trinajstić information content (AvgIpc) is 2.88. The first-order valence-electron chi connectivity index (χ1n) is 13.7. The SMILES string of the molecule is CCC(C)C(=O)/C=C/C(C)=C/C(COC1OC(C)C(O)C(OC)C1OC)C(CC)OC(=O)CC(O)C(C)C. The maximum Gasteiger partial charge on any atom is 0.308 e. The zero-order valence-electron chi connectivity index (χ0n) is 24.6. The van der Waals surface area contributed by atoms with Gasteiger partial charge in [0.05, 0.1) is 25.2 Å². The second-order valence-electron chi connectivity index (χ2n) is 10.5. The van der Waals surface area contributed by atoms with Crippen LogP contribution in [-0.2, 0) is 33.3 Å². The van der Waals surface area contributed by atoms with E-state index >= 15 is 0 Å². The second-order valence-corrected chi connectivity index (χ2v) is 10.5. The molecule has 1 heterocycles. The smallest absolute Gasteiger partial charge is 0.308 e. The number of hydrogen-bond acceptors (Lipinski definition) is 9. The maximum atomic E-state index is 12.6. The van der Waals surface area contributed by atoms with Crippen molar-refractivity contribution in [1.82, 2.24) is 0 Å². The van der Waals surface area contributed by atoms with Crippen LogP contribution in [0, 0.1) is 17.8 Å². The zero-order valence-corrected chi connectivity index (χ0v) is 24.6. The van der Waals surface area contributed by atoms with Crippen LogP contribution in [0.4, 0.5) is 0 Å². The molecule has 0 radical (unpaired) electrons. The number of rotatable bonds is 16. The zero-order chi connectivity index (χ0) is 29.0. The van der Waals surface area contributed by atoms with Gasteiger partial charge >= 0.3 is 5.97 Å². The molecule has 220 valence electrons. The number of allylic oxidation sites excluding steroid dienone is 3. The van der Waals surface area contributed by atoms with E-state index < -0.39 is 48.9 Å². The highest BCUT2D eigenvalue weighted by atomic mass is 16.7. The Morgan fingerprint density at radius 3 is 2.18 bits per heavy atom. The highest BCUT2D eigenvalue weighted by Crippen LogP contribution is 2.27. The standard InChI is InChI=1S/C29H50O9/c1-10-19(6)22(30)13-12-18(5)14-21(24(11-2)38-25(32)15-23(31)17(3)4)16-36-29-28(35-9)27(34-8)26(33)20(7)37-29/h12-14,17,19-21,23-24,26-29,31,33H,10-11,15-16H2,1-9H3/b13-12+,18-14+. The van der Waals surface area contributed by atoms with Crippen LogP contribution in [0.3, 0.4) is 0 Å². The number of esters is 1. The minimum absolute atomic E-state index is 0.0471. The van der Waals surface area contributed by atoms with E-state index in [-0.39, 0.29) is 36.6 Å². The normalized spacial score (nSPS) is 27.8. The molecule has 0 aromatic rings. The highest BCUT2D eigenvalue weighted by molar-refractivity contribution is 5.91. The van der Waals surface area contributed by atoms with Gasteiger partial charge in [-0.15, -0.1) is 0 Å². The molecule has 9 nitrogen and oxygen atoms in total. The van der Waals surface area contributed by atoms with Crippen molar-refractivity contribution >= 4 is 11.8 Å². The first-order chi connectivity index (χ1) is 17.9. The van der Waals surface area contributed by atoms with Crippen molar-refractivity contribution in [2.24, 2.45) is 17.8 Å². The van der Waals surface area contributed by atoms with Gasteiger partial charge in [0, 0.05) is 26.1 Å². The van der Waals surface area contributed by atoms with Crippen molar-refractivity contribution in [1.29, 1.82) is 0 Å². The van der Waals surface area contributed by atoms with Crippen LogP contribution in [-0.4, -0.2) is 85.7 Å². The molecule has 0 aromatic heterocycles. The number of methoxy groups -OCH3 is 2. The van der Waals surface area contributed by atoms with Gasteiger partial charge in [0.15, 0.2) is 12.1 Å². The van der Waals surface area contributed by atoms with Crippen LogP contribution >= 0.6 is 0 Å². The van der Waals surface area contributed by atoms with Crippen LogP contribution in [0.25, 0.3) is 0 Å². The molecule has 38 heavy (non-hydrogen) atoms. The van der Waals surface area contributed by atoms with Crippen molar-refractivity contribution < 1.29 is 43.5 Å². The fourth-order valence-corrected chi connectivity index (χ4v) is 4.18. The van der Waals surface area contributed by atoms with Crippen molar-refractivity contribution in [3.8, 4) is 0 Å². The summed E-state index contributed by atoms with van der Waals surface area (Å²) in [5.41, 5.74) is 0.818. The molecule has 0 aliphatic carbocycles. The third kappa shape index (κ3) is 10.5. The summed E-state index contributed by atoms with van der Waals surface area (Å²) in [6, 6.07) is 0. The van der Waals surface area contributed by atoms with E-state index in [1.807, 2.05) is 47.6 Å². The Morgan fingerprint density at radius 2 is 1.66 bits per heavy atom. The van der Waals surface area contributed by atoms with Crippen LogP contribution in [0.1, 0.15) is 67.7 Å². The molecule has 2 N–H and O–H groups in total. The van der Waals surface area contributed by atoms with Crippen molar-refractivity contribution in [3.05, 3.63) is 23.8 Å². The number of ether oxygens (including phenoxy) is 5. The summed E-state index contributed by atoms with van der Waals surface area (Å²) in [6.45, 7) is 13.2. The van der Waals surface area contributed by atoms with Crippen LogP contribution in [0.15, 0.2) is 23.8 Å². The third-order valence-electron chi connectivity index (χ3n) is 7.15. The van der Waals surface area contributed by atoms with E-state index in [0.29, 0.717) is 6.42 Å². The Morgan fingerprint density at radius 1 is 1.03 bits per heavy atom. The van der Waals surface area contributed by atoms with Gasteiger partial charge in [-0.25, -0.2) is 0 Å². The van der Waals surface area contributed by atoms with Crippen LogP contribution in [0.2, 0.25) is 0 Å². The number of hydrogen-bond donors (Lipinski definition) is 2. The largest absolute Gasteiger partial charge is 0.462 e. The quantitative estimate of drug-likeness (QED) is 0.171. The third-order valence-corrected chi connectivity index (χ3v) is 7.15. The van der Waals surface area contributed by atoms with Gasteiger partial charge in [0.2, 0.25) is 0 Å². The lowest BCUT2D eigenvalue weighted by Gasteiger charge is -2.42. The highest BCUT2D eigenvalue weighted by Gasteiger charge is 2.45. The number of carbonyl (C=O) groups excluding carboxylic acids is 2. The van der Waals surface area contributed by atoms with Gasteiger partial charge in [-0.05, 0) is 38.7 Å². The van der Waals surface area contributed by atoms with E-state index in [9.17, 15) is 19.8 Å². The number of aliphatic hydroxyl groups excluding tert-OH is 2. The molecular formula is C29H50O9. The number of ketones is 1. The first-order valence-corrected chi connectivity index (χ1v) is 13.7. The van der Waals surface area contributed by atoms with E-state index in [1.165, 1.54) is 14.2 Å². The number of aliphatic hydroxyl groups is 2. The molecule has 1 rings (SSSR count). The van der Waals surface area contributed by atoms with Gasteiger partial charge < -0.3 is 33.9 Å². The molecule has 0 aromatic carbocycles. The minimum atomic E-state index is -0.882. The van der Waals surface area contributed by atoms with Crippen molar-refractivity contribution in [3.63, 3.8) is 0 Å². The molecule has 1 saturated heterocycles. The molecule has 0 bridgehead atoms. The van der Waals surface area contributed by atoms with Gasteiger partial charge in [0.1, 0.15) is 24.4 Å². The Bertz CT molecular complexity index is 778. The Hall–Kier alpha value is -1.62. The topological polar surface area (TPSA) is 121 Å². The Labute approximate surface area is 228 Å². The van der Waals surface area contributed by atoms with Gasteiger partial charge in [0.25, 0.3) is 0 Å². The van der Waals surface area contributed by atoms with Gasteiger partial charge in [-0.3, -0.25) is 9.59 Å². The lowest BCUT2D eigenvalue weighted by Crippen LogP contribution is -2.59. The van der Waals surface area contributed by atoms with Gasteiger partial charge in [-0.1, -0.05) is 52.3 Å². The molecule has 0 amide bonds. The first kappa shape index (κ1) is 34.4. The summed E-state index contributed by atoms with van der Waals surface area (Å²) in [6.07, 6.45) is 1.51. The predicted molar refractivity (Wildman–Crippen MR) is 144 cm³/mol. The molecule has 0 spiro atoms. The minimum Gasteiger partial charge on any atom is -0.462 e. The van der Waals surface area contributed by atoms with Crippen molar-refractivity contribution in [2.45, 2.75) is 111 Å². The summed E-state index contributed by atoms with van der Waals surface area (Å²) < 4.78 is 28.8. The molecular weight excluding hydrogens is 492 g/mol. The predicted octanol–water partition coefficient (Wildman–Crippen LogP) is 3.60. The summed E-state index contributed by atoms with van der Waals surface area (Å²) in [7, 11) is 2.99. The second kappa shape index (κ2) is 17.2. The molecule has 1 aliphatic rings. The van der Waals surface area contributed by atoms with E-state index in [4.69, 9.17) is 23.7 Å². The lowest BCUT2D eigenvalue weighted by atomic mass is 9.96. The fraction of sp³-hybridized carbons (Fsp3) is 0.793. The summed E-state index contributed by atoms with van der Waals surface area (Å²) in [4.78, 5) is 24.9. The fourth-order valence-electron chi connectivity index (χ4n) is 4.18. The van der Waals surface area contributed by atoms with Crippen LogP contribution in [0.5, 0.6) is 0 Å². The van der Waals surface area contributed by atoms with Crippen LogP contribution < -0.4 is 0 Å². The Kier molecular flexibility index (Phi) is 15.5. The van der Waals surface area contributed by atoms with E-state index in [1.54, 1.807) is 19.1 Å². The van der Waals surface area contributed by atoms with Gasteiger partial charge in [-0.2, -0.15) is 0 Å². The monoisotopic (exact) mass is 542 g/mol. The molecule has 9 unspecified atom stereocenters. The summed E-state index contributed by atoms with van der Waals surface area (Å²) >= 11 is 0. The summed E-state index contributed by atoms with van der Waals surface area (Å²) in [5.74, 6) is -0.955. The number of carbonyl (C=O) groups is 2. The Balaban J connectivity index is 3.16. The van der Waals surface area contributed by atoms with E-state index in [0.717, 1.165) is 12.0 Å².